The molecule has 0 bridgehead atoms. The van der Waals surface area contributed by atoms with Crippen molar-refractivity contribution in [2.24, 2.45) is 11.8 Å². The number of ether oxygens (including phenoxy) is 5. The minimum atomic E-state index is -0.780. The number of hydrogen-bond donors (Lipinski definition) is 3. The first kappa shape index (κ1) is 40.9. The zero-order chi connectivity index (χ0) is 41.5. The molecule has 2 unspecified atom stereocenters. The van der Waals surface area contributed by atoms with Crippen molar-refractivity contribution in [3.05, 3.63) is 47.4 Å². The number of nitrogens with zero attached hydrogens (tertiary/aromatic N) is 8. The summed E-state index contributed by atoms with van der Waals surface area (Å²) in [6.45, 7) is 2.44. The highest BCUT2D eigenvalue weighted by molar-refractivity contribution is 7.16. The van der Waals surface area contributed by atoms with Crippen molar-refractivity contribution < 1.29 is 38.4 Å². The van der Waals surface area contributed by atoms with Crippen molar-refractivity contribution in [1.29, 1.82) is 0 Å². The molecule has 310 valence electrons. The van der Waals surface area contributed by atoms with E-state index in [-0.39, 0.29) is 11.9 Å². The van der Waals surface area contributed by atoms with Gasteiger partial charge in [-0.2, -0.15) is 19.9 Å². The number of carbonyl (C=O) groups excluding carboxylic acids is 1. The maximum absolute atomic E-state index is 12.0. The molecule has 0 saturated carbocycles. The van der Waals surface area contributed by atoms with Gasteiger partial charge in [0.15, 0.2) is 44.3 Å². The van der Waals surface area contributed by atoms with E-state index in [0.717, 1.165) is 53.4 Å². The van der Waals surface area contributed by atoms with Crippen LogP contribution in [0.3, 0.4) is 0 Å². The van der Waals surface area contributed by atoms with E-state index in [1.807, 2.05) is 46.2 Å². The van der Waals surface area contributed by atoms with Crippen molar-refractivity contribution in [1.82, 2.24) is 29.9 Å². The predicted octanol–water partition coefficient (Wildman–Crippen LogP) is 6.38. The summed E-state index contributed by atoms with van der Waals surface area (Å²) in [5.41, 5.74) is 6.39. The molecule has 3 N–H and O–H groups in total. The van der Waals surface area contributed by atoms with Gasteiger partial charge in [0.05, 0.1) is 58.4 Å². The molecule has 2 aromatic carbocycles. The lowest BCUT2D eigenvalue weighted by molar-refractivity contribution is -0.145. The number of piperidine rings is 2. The summed E-state index contributed by atoms with van der Waals surface area (Å²) in [7, 11) is 7.78. The van der Waals surface area contributed by atoms with Crippen molar-refractivity contribution >= 4 is 90.2 Å². The zero-order valence-electron chi connectivity index (χ0n) is 33.1. The summed E-state index contributed by atoms with van der Waals surface area (Å²) in [4.78, 5) is 56.4. The minimum Gasteiger partial charge on any atom is -0.493 e. The highest BCUT2D eigenvalue weighted by atomic mass is 32.1. The molecule has 0 amide bonds. The molecule has 6 heterocycles. The molecule has 20 heteroatoms. The van der Waals surface area contributed by atoms with E-state index >= 15 is 0 Å². The molecular formula is C39H44N10O8S2. The Balaban J connectivity index is 0.000000179. The Bertz CT molecular complexity index is 2430. The Labute approximate surface area is 347 Å². The molecule has 2 saturated heterocycles. The number of aliphatic carboxylic acids is 1. The number of rotatable bonds is 12. The van der Waals surface area contributed by atoms with Crippen LogP contribution < -0.4 is 39.4 Å². The van der Waals surface area contributed by atoms with Crippen LogP contribution in [0.2, 0.25) is 0 Å². The molecule has 2 aliphatic heterocycles. The molecule has 0 aliphatic carbocycles. The van der Waals surface area contributed by atoms with E-state index in [9.17, 15) is 14.7 Å². The molecule has 2 fully saturated rings. The summed E-state index contributed by atoms with van der Waals surface area (Å²) >= 11 is 2.87. The fourth-order valence-electron chi connectivity index (χ4n) is 6.94. The number of carboxylic acids is 1. The summed E-state index contributed by atoms with van der Waals surface area (Å²) < 4.78 is 26.3. The van der Waals surface area contributed by atoms with Crippen LogP contribution >= 0.6 is 22.7 Å². The van der Waals surface area contributed by atoms with Crippen molar-refractivity contribution in [2.45, 2.75) is 25.7 Å². The Kier molecular flexibility index (Phi) is 12.9. The van der Waals surface area contributed by atoms with Gasteiger partial charge in [-0.25, -0.2) is 9.97 Å². The van der Waals surface area contributed by atoms with Crippen LogP contribution in [-0.4, -0.2) is 109 Å². The second-order valence-electron chi connectivity index (χ2n) is 13.6. The summed E-state index contributed by atoms with van der Waals surface area (Å²) in [6, 6.07) is 11.0. The van der Waals surface area contributed by atoms with Gasteiger partial charge >= 0.3 is 11.9 Å². The van der Waals surface area contributed by atoms with Crippen LogP contribution in [0.1, 0.15) is 25.7 Å². The Morgan fingerprint density at radius 3 is 1.56 bits per heavy atom. The molecule has 6 aromatic rings. The van der Waals surface area contributed by atoms with Crippen molar-refractivity contribution in [3.8, 4) is 23.0 Å². The topological polar surface area (TPSA) is 208 Å². The van der Waals surface area contributed by atoms with Gasteiger partial charge in [0.1, 0.15) is 11.0 Å². The first-order valence-corrected chi connectivity index (χ1v) is 20.5. The van der Waals surface area contributed by atoms with Crippen molar-refractivity contribution in [3.63, 3.8) is 0 Å². The lowest BCUT2D eigenvalue weighted by Gasteiger charge is -2.31. The SMILES string of the molecule is COC(=O)C1CCCN(c2nc(Nc3ccc(OC)c(OC)c3)c3ncsc3n2)C1.COc1ccc(Nc2nc(N3CCCC(C(=O)O)C3)nc3scnc23)cc1OC. The van der Waals surface area contributed by atoms with E-state index in [1.165, 1.54) is 29.8 Å². The number of methoxy groups -OCH3 is 5. The number of fused-ring (bicyclic) bond motifs is 2. The second kappa shape index (κ2) is 18.5. The molecule has 18 nitrogen and oxygen atoms in total. The quantitative estimate of drug-likeness (QED) is 0.114. The van der Waals surface area contributed by atoms with Crippen LogP contribution in [0.5, 0.6) is 23.0 Å². The van der Waals surface area contributed by atoms with Gasteiger partial charge in [-0.3, -0.25) is 9.59 Å². The molecule has 0 radical (unpaired) electrons. The van der Waals surface area contributed by atoms with E-state index in [4.69, 9.17) is 28.7 Å². The smallest absolute Gasteiger partial charge is 0.310 e. The van der Waals surface area contributed by atoms with Gasteiger partial charge < -0.3 is 49.2 Å². The predicted molar refractivity (Wildman–Crippen MR) is 226 cm³/mol. The number of carboxylic acid groups (broad SMARTS) is 1. The highest BCUT2D eigenvalue weighted by Gasteiger charge is 2.30. The van der Waals surface area contributed by atoms with Crippen molar-refractivity contribution in [2.75, 3.05) is 82.2 Å². The first-order valence-electron chi connectivity index (χ1n) is 18.7. The third-order valence-electron chi connectivity index (χ3n) is 9.96. The highest BCUT2D eigenvalue weighted by Crippen LogP contribution is 2.36. The van der Waals surface area contributed by atoms with Gasteiger partial charge in [0.25, 0.3) is 0 Å². The van der Waals surface area contributed by atoms with Crippen LogP contribution in [0.15, 0.2) is 47.4 Å². The monoisotopic (exact) mass is 844 g/mol. The number of hydrogen-bond acceptors (Lipinski definition) is 19. The number of anilines is 6. The van der Waals surface area contributed by atoms with Crippen LogP contribution in [-0.2, 0) is 14.3 Å². The van der Waals surface area contributed by atoms with Gasteiger partial charge in [-0.1, -0.05) is 0 Å². The maximum atomic E-state index is 12.0. The Morgan fingerprint density at radius 1 is 0.661 bits per heavy atom. The molecule has 2 aliphatic rings. The van der Waals surface area contributed by atoms with Gasteiger partial charge in [-0.15, -0.1) is 22.7 Å². The number of carbonyl (C=O) groups is 2. The first-order chi connectivity index (χ1) is 28.7. The van der Waals surface area contributed by atoms with Gasteiger partial charge in [0.2, 0.25) is 11.9 Å². The lowest BCUT2D eigenvalue weighted by Crippen LogP contribution is -2.40. The third kappa shape index (κ3) is 9.23. The molecule has 2 atom stereocenters. The Hall–Kier alpha value is -6.28. The molecular weight excluding hydrogens is 801 g/mol. The Morgan fingerprint density at radius 2 is 1.12 bits per heavy atom. The largest absolute Gasteiger partial charge is 0.493 e. The van der Waals surface area contributed by atoms with E-state index in [2.05, 4.69) is 35.6 Å². The minimum absolute atomic E-state index is 0.174. The van der Waals surface area contributed by atoms with E-state index in [0.29, 0.717) is 77.1 Å². The molecule has 59 heavy (non-hydrogen) atoms. The van der Waals surface area contributed by atoms with Crippen LogP contribution in [0.4, 0.5) is 34.9 Å². The molecule has 0 spiro atoms. The van der Waals surface area contributed by atoms with E-state index < -0.39 is 11.9 Å². The molecule has 4 aromatic heterocycles. The van der Waals surface area contributed by atoms with E-state index in [1.54, 1.807) is 39.5 Å². The lowest BCUT2D eigenvalue weighted by atomic mass is 9.98. The van der Waals surface area contributed by atoms with Crippen LogP contribution in [0, 0.1) is 11.8 Å². The summed E-state index contributed by atoms with van der Waals surface area (Å²) in [5, 5.41) is 16.0. The summed E-state index contributed by atoms with van der Waals surface area (Å²) in [6.07, 6.45) is 3.15. The number of esters is 1. The maximum Gasteiger partial charge on any atom is 0.310 e. The second-order valence-corrected chi connectivity index (χ2v) is 15.2. The molecule has 8 rings (SSSR count). The number of nitrogens with one attached hydrogen (secondary N) is 2. The average Bonchev–Trinajstić information content (AvgIpc) is 3.97. The third-order valence-corrected chi connectivity index (χ3v) is 11.4. The van der Waals surface area contributed by atoms with Crippen LogP contribution in [0.25, 0.3) is 20.7 Å². The number of thiazole rings is 2. The fraction of sp³-hybridized carbons (Fsp3) is 0.385. The summed E-state index contributed by atoms with van der Waals surface area (Å²) in [5.74, 6) is 3.18. The standard InChI is InChI=1S/C20H23N5O4S.C19H21N5O4S/c1-27-14-7-6-13(9-15(14)28-2)22-17-16-18(30-11-21-16)24-20(23-17)25-8-4-5-12(10-25)19(26)29-3;1-27-13-6-5-12(8-14(13)28-2)21-16-15-17(29-10-20-15)23-19(22-16)24-7-3-4-11(9-24)18(25)26/h6-7,9,11-12H,4-5,8,10H2,1-3H3,(H,22,23,24);5-6,8,10-11H,3-4,7,9H2,1-2H3,(H,25,26)(H,21,22,23). The number of benzene rings is 2. The zero-order valence-corrected chi connectivity index (χ0v) is 34.8. The number of aromatic nitrogens is 6. The van der Waals surface area contributed by atoms with Gasteiger partial charge in [0, 0.05) is 49.7 Å². The fourth-order valence-corrected chi connectivity index (χ4v) is 8.24. The van der Waals surface area contributed by atoms with Gasteiger partial charge in [-0.05, 0) is 49.9 Å². The average molecular weight is 845 g/mol. The normalized spacial score (nSPS) is 16.5.